The number of carbonyl (C=O) groups is 2. The summed E-state index contributed by atoms with van der Waals surface area (Å²) in [6.07, 6.45) is -5.16. The molecule has 0 bridgehead atoms. The topological polar surface area (TPSA) is 92.4 Å². The summed E-state index contributed by atoms with van der Waals surface area (Å²) in [5.74, 6) is -3.45. The Bertz CT molecular complexity index is 562. The second kappa shape index (κ2) is 5.20. The summed E-state index contributed by atoms with van der Waals surface area (Å²) in [6, 6.07) is 3.41. The fourth-order valence-electron chi connectivity index (χ4n) is 1.21. The molecule has 0 aliphatic carbocycles. The summed E-state index contributed by atoms with van der Waals surface area (Å²) in [4.78, 5) is 22.5. The Balaban J connectivity index is 3.09. The van der Waals surface area contributed by atoms with Crippen LogP contribution < -0.4 is 11.1 Å². The minimum atomic E-state index is -5.16. The average Bonchev–Trinajstić information content (AvgIpc) is 2.30. The quantitative estimate of drug-likeness (QED) is 0.745. The molecule has 0 aromatic heterocycles. The van der Waals surface area contributed by atoms with Crippen molar-refractivity contribution in [2.24, 2.45) is 0 Å². The van der Waals surface area contributed by atoms with Crippen molar-refractivity contribution in [2.45, 2.75) is 18.6 Å². The van der Waals surface area contributed by atoms with Crippen LogP contribution in [0.2, 0.25) is 5.02 Å². The van der Waals surface area contributed by atoms with Gasteiger partial charge in [-0.2, -0.15) is 13.2 Å². The Morgan fingerprint density at radius 3 is 2.30 bits per heavy atom. The second-order valence-corrected chi connectivity index (χ2v) is 4.53. The number of nitrogen functional groups attached to an aromatic ring is 1. The van der Waals surface area contributed by atoms with Gasteiger partial charge in [-0.15, -0.1) is 0 Å². The van der Waals surface area contributed by atoms with Gasteiger partial charge in [-0.3, -0.25) is 4.79 Å². The number of hydrogen-bond donors (Lipinski definition) is 3. The van der Waals surface area contributed by atoms with Gasteiger partial charge in [0.05, 0.1) is 10.7 Å². The summed E-state index contributed by atoms with van der Waals surface area (Å²) in [5, 5.41) is 10.1. The molecule has 0 aliphatic rings. The molecule has 1 aromatic carbocycles. The molecular formula is C11H10ClF3N2O3. The molecule has 0 aliphatic heterocycles. The molecule has 110 valence electrons. The molecule has 0 heterocycles. The molecule has 0 fully saturated rings. The first-order valence-electron chi connectivity index (χ1n) is 5.16. The molecule has 1 unspecified atom stereocenters. The van der Waals surface area contributed by atoms with Gasteiger partial charge in [0.15, 0.2) is 0 Å². The van der Waals surface area contributed by atoms with Crippen molar-refractivity contribution >= 4 is 29.2 Å². The maximum atomic E-state index is 12.7. The minimum Gasteiger partial charge on any atom is -0.479 e. The number of halogens is 4. The highest BCUT2D eigenvalue weighted by Crippen LogP contribution is 2.31. The monoisotopic (exact) mass is 310 g/mol. The van der Waals surface area contributed by atoms with E-state index >= 15 is 0 Å². The van der Waals surface area contributed by atoms with Crippen molar-refractivity contribution in [2.75, 3.05) is 5.73 Å². The van der Waals surface area contributed by atoms with E-state index in [9.17, 15) is 22.8 Å². The highest BCUT2D eigenvalue weighted by molar-refractivity contribution is 6.33. The summed E-state index contributed by atoms with van der Waals surface area (Å²) >= 11 is 5.64. The molecule has 1 amide bonds. The number of carboxylic acids is 1. The van der Waals surface area contributed by atoms with Gasteiger partial charge in [0, 0.05) is 5.56 Å². The van der Waals surface area contributed by atoms with Crippen LogP contribution in [0.5, 0.6) is 0 Å². The largest absolute Gasteiger partial charge is 0.479 e. The van der Waals surface area contributed by atoms with Crippen molar-refractivity contribution in [1.29, 1.82) is 0 Å². The molecule has 9 heteroatoms. The fraction of sp³-hybridized carbons (Fsp3) is 0.273. The van der Waals surface area contributed by atoms with Gasteiger partial charge in [-0.25, -0.2) is 4.79 Å². The second-order valence-electron chi connectivity index (χ2n) is 4.12. The SMILES string of the molecule is CC(NC(=O)c1ccc(N)c(Cl)c1)(C(=O)O)C(F)(F)F. The maximum Gasteiger partial charge on any atom is 0.422 e. The number of alkyl halides is 3. The van der Waals surface area contributed by atoms with Gasteiger partial charge in [0.25, 0.3) is 5.91 Å². The van der Waals surface area contributed by atoms with E-state index in [2.05, 4.69) is 0 Å². The van der Waals surface area contributed by atoms with Crippen molar-refractivity contribution in [3.05, 3.63) is 28.8 Å². The Hall–Kier alpha value is -1.96. The lowest BCUT2D eigenvalue weighted by Gasteiger charge is -2.28. The molecule has 1 rings (SSSR count). The Labute approximate surface area is 116 Å². The summed E-state index contributed by atoms with van der Waals surface area (Å²) in [5.41, 5.74) is 1.89. The Morgan fingerprint density at radius 1 is 1.35 bits per heavy atom. The minimum absolute atomic E-state index is 0.0262. The molecule has 0 saturated carbocycles. The van der Waals surface area contributed by atoms with E-state index in [0.717, 1.165) is 12.1 Å². The molecular weight excluding hydrogens is 301 g/mol. The number of nitrogens with one attached hydrogen (secondary N) is 1. The first kappa shape index (κ1) is 16.1. The van der Waals surface area contributed by atoms with E-state index < -0.39 is 23.6 Å². The molecule has 1 aromatic rings. The highest BCUT2D eigenvalue weighted by Gasteiger charge is 2.58. The predicted octanol–water partition coefficient (Wildman–Crippen LogP) is 2.06. The number of benzene rings is 1. The number of carboxylic acid groups (broad SMARTS) is 1. The summed E-state index contributed by atoms with van der Waals surface area (Å²) in [6.45, 7) is 0.353. The van der Waals surface area contributed by atoms with Gasteiger partial charge in [0.1, 0.15) is 0 Å². The third kappa shape index (κ3) is 2.96. The standard InChI is InChI=1S/C11H10ClF3N2O3/c1-10(9(19)20,11(13,14)15)17-8(18)5-2-3-7(16)6(12)4-5/h2-4H,16H2,1H3,(H,17,18)(H,19,20). The lowest BCUT2D eigenvalue weighted by Crippen LogP contribution is -2.61. The van der Waals surface area contributed by atoms with Crippen LogP contribution in [-0.2, 0) is 4.79 Å². The predicted molar refractivity (Wildman–Crippen MR) is 65.4 cm³/mol. The van der Waals surface area contributed by atoms with Crippen LogP contribution in [0.25, 0.3) is 0 Å². The Kier molecular flexibility index (Phi) is 4.18. The number of carbonyl (C=O) groups excluding carboxylic acids is 1. The van der Waals surface area contributed by atoms with E-state index in [1.807, 2.05) is 0 Å². The lowest BCUT2D eigenvalue weighted by molar-refractivity contribution is -0.203. The van der Waals surface area contributed by atoms with Gasteiger partial charge in [-0.05, 0) is 25.1 Å². The first-order valence-corrected chi connectivity index (χ1v) is 5.54. The maximum absolute atomic E-state index is 12.7. The van der Waals surface area contributed by atoms with Crippen LogP contribution in [-0.4, -0.2) is 28.7 Å². The normalized spacial score (nSPS) is 14.4. The summed E-state index contributed by atoms with van der Waals surface area (Å²) in [7, 11) is 0. The zero-order valence-electron chi connectivity index (χ0n) is 10.1. The van der Waals surface area contributed by atoms with Crippen molar-refractivity contribution in [3.63, 3.8) is 0 Å². The zero-order chi connectivity index (χ0) is 15.7. The first-order chi connectivity index (χ1) is 8.99. The van der Waals surface area contributed by atoms with Crippen molar-refractivity contribution in [3.8, 4) is 0 Å². The van der Waals surface area contributed by atoms with E-state index in [1.54, 1.807) is 0 Å². The summed E-state index contributed by atoms with van der Waals surface area (Å²) < 4.78 is 38.2. The van der Waals surface area contributed by atoms with Crippen LogP contribution in [0.3, 0.4) is 0 Å². The molecule has 0 spiro atoms. The van der Waals surface area contributed by atoms with Gasteiger partial charge in [0.2, 0.25) is 5.54 Å². The third-order valence-electron chi connectivity index (χ3n) is 2.62. The van der Waals surface area contributed by atoms with Crippen LogP contribution in [0, 0.1) is 0 Å². The number of hydrogen-bond acceptors (Lipinski definition) is 3. The third-order valence-corrected chi connectivity index (χ3v) is 2.95. The lowest BCUT2D eigenvalue weighted by atomic mass is 10.0. The van der Waals surface area contributed by atoms with Crippen molar-refractivity contribution < 1.29 is 27.9 Å². The van der Waals surface area contributed by atoms with Crippen LogP contribution >= 0.6 is 11.6 Å². The zero-order valence-corrected chi connectivity index (χ0v) is 10.8. The molecule has 0 radical (unpaired) electrons. The number of anilines is 1. The van der Waals surface area contributed by atoms with Crippen molar-refractivity contribution in [1.82, 2.24) is 5.32 Å². The smallest absolute Gasteiger partial charge is 0.422 e. The number of nitrogens with two attached hydrogens (primary N) is 1. The number of amides is 1. The van der Waals surface area contributed by atoms with Gasteiger partial charge >= 0.3 is 12.1 Å². The van der Waals surface area contributed by atoms with E-state index in [1.165, 1.54) is 11.4 Å². The van der Waals surface area contributed by atoms with Crippen LogP contribution in [0.4, 0.5) is 18.9 Å². The van der Waals surface area contributed by atoms with Crippen LogP contribution in [0.15, 0.2) is 18.2 Å². The average molecular weight is 311 g/mol. The Morgan fingerprint density at radius 2 is 1.90 bits per heavy atom. The van der Waals surface area contributed by atoms with Gasteiger partial charge in [-0.1, -0.05) is 11.6 Å². The molecule has 20 heavy (non-hydrogen) atoms. The van der Waals surface area contributed by atoms with Crippen LogP contribution in [0.1, 0.15) is 17.3 Å². The van der Waals surface area contributed by atoms with E-state index in [-0.39, 0.29) is 16.3 Å². The molecule has 1 atom stereocenters. The fourth-order valence-corrected chi connectivity index (χ4v) is 1.39. The number of aliphatic carboxylic acids is 1. The van der Waals surface area contributed by atoms with E-state index in [0.29, 0.717) is 6.92 Å². The van der Waals surface area contributed by atoms with E-state index in [4.69, 9.17) is 22.4 Å². The highest BCUT2D eigenvalue weighted by atomic mass is 35.5. The molecule has 5 nitrogen and oxygen atoms in total. The molecule has 4 N–H and O–H groups in total. The molecule has 0 saturated heterocycles. The van der Waals surface area contributed by atoms with Gasteiger partial charge < -0.3 is 16.2 Å². The number of rotatable bonds is 3.